The van der Waals surface area contributed by atoms with Crippen LogP contribution in [0.3, 0.4) is 0 Å². The van der Waals surface area contributed by atoms with Crippen LogP contribution in [0.1, 0.15) is 19.8 Å². The number of alkyl halides is 1. The van der Waals surface area contributed by atoms with E-state index in [0.29, 0.717) is 18.8 Å². The van der Waals surface area contributed by atoms with Crippen LogP contribution in [0, 0.1) is 0 Å². The third kappa shape index (κ3) is 5.63. The van der Waals surface area contributed by atoms with E-state index < -0.39 is 0 Å². The summed E-state index contributed by atoms with van der Waals surface area (Å²) in [6.07, 6.45) is 1.50. The molecular formula is C6H12ClNO. The number of halogens is 1. The molecule has 0 saturated carbocycles. The van der Waals surface area contributed by atoms with Crippen molar-refractivity contribution in [3.05, 3.63) is 0 Å². The lowest BCUT2D eigenvalue weighted by Crippen LogP contribution is -2.24. The summed E-state index contributed by atoms with van der Waals surface area (Å²) in [6, 6.07) is 0. The molecule has 0 unspecified atom stereocenters. The standard InChI is InChI=1S/C6H12ClNO/c1-2-3-6(9)8-5-4-7/h2-5H2,1H3,(H,8,9). The van der Waals surface area contributed by atoms with Gasteiger partial charge in [-0.2, -0.15) is 0 Å². The molecule has 0 bridgehead atoms. The van der Waals surface area contributed by atoms with Crippen molar-refractivity contribution in [3.8, 4) is 0 Å². The van der Waals surface area contributed by atoms with Gasteiger partial charge in [0.1, 0.15) is 0 Å². The van der Waals surface area contributed by atoms with E-state index in [1.54, 1.807) is 0 Å². The number of hydrogen-bond acceptors (Lipinski definition) is 1. The average molecular weight is 150 g/mol. The fourth-order valence-corrected chi connectivity index (χ4v) is 0.597. The molecule has 0 atom stereocenters. The molecule has 2 nitrogen and oxygen atoms in total. The fourth-order valence-electron chi connectivity index (χ4n) is 0.502. The zero-order chi connectivity index (χ0) is 7.11. The highest BCUT2D eigenvalue weighted by Gasteiger charge is 1.94. The van der Waals surface area contributed by atoms with E-state index in [4.69, 9.17) is 11.6 Å². The molecule has 0 spiro atoms. The summed E-state index contributed by atoms with van der Waals surface area (Å²) >= 11 is 5.33. The Bertz CT molecular complexity index is 85.1. The van der Waals surface area contributed by atoms with Crippen LogP contribution in [-0.2, 0) is 4.79 Å². The van der Waals surface area contributed by atoms with E-state index in [9.17, 15) is 4.79 Å². The number of carbonyl (C=O) groups excluding carboxylic acids is 1. The predicted octanol–water partition coefficient (Wildman–Crippen LogP) is 1.14. The van der Waals surface area contributed by atoms with Gasteiger partial charge in [0.15, 0.2) is 0 Å². The molecule has 1 N–H and O–H groups in total. The average Bonchev–Trinajstić information content (AvgIpc) is 1.85. The third-order valence-corrected chi connectivity index (χ3v) is 1.08. The Balaban J connectivity index is 3.06. The van der Waals surface area contributed by atoms with Gasteiger partial charge in [0.05, 0.1) is 0 Å². The number of nitrogens with one attached hydrogen (secondary N) is 1. The van der Waals surface area contributed by atoms with Crippen molar-refractivity contribution in [3.63, 3.8) is 0 Å². The van der Waals surface area contributed by atoms with Gasteiger partial charge in [0.25, 0.3) is 0 Å². The summed E-state index contributed by atoms with van der Waals surface area (Å²) in [6.45, 7) is 2.56. The predicted molar refractivity (Wildman–Crippen MR) is 38.6 cm³/mol. The quantitative estimate of drug-likeness (QED) is 0.597. The Morgan fingerprint density at radius 1 is 1.67 bits per heavy atom. The molecule has 0 aliphatic heterocycles. The fraction of sp³-hybridized carbons (Fsp3) is 0.833. The van der Waals surface area contributed by atoms with Crippen LogP contribution in [0.15, 0.2) is 0 Å². The Labute approximate surface area is 60.6 Å². The molecule has 0 rings (SSSR count). The van der Waals surface area contributed by atoms with Crippen molar-refractivity contribution in [1.29, 1.82) is 0 Å². The van der Waals surface area contributed by atoms with Gasteiger partial charge in [-0.25, -0.2) is 0 Å². The first-order chi connectivity index (χ1) is 4.31. The highest BCUT2D eigenvalue weighted by atomic mass is 35.5. The summed E-state index contributed by atoms with van der Waals surface area (Å²) in [4.78, 5) is 10.6. The molecule has 0 radical (unpaired) electrons. The highest BCUT2D eigenvalue weighted by molar-refractivity contribution is 6.18. The smallest absolute Gasteiger partial charge is 0.220 e. The summed E-state index contributed by atoms with van der Waals surface area (Å²) < 4.78 is 0. The molecule has 1 amide bonds. The Hall–Kier alpha value is -0.240. The largest absolute Gasteiger partial charge is 0.355 e. The van der Waals surface area contributed by atoms with Crippen molar-refractivity contribution in [2.75, 3.05) is 12.4 Å². The Kier molecular flexibility index (Phi) is 5.73. The van der Waals surface area contributed by atoms with E-state index in [2.05, 4.69) is 5.32 Å². The number of hydrogen-bond donors (Lipinski definition) is 1. The zero-order valence-electron chi connectivity index (χ0n) is 5.61. The van der Waals surface area contributed by atoms with E-state index in [1.165, 1.54) is 0 Å². The maximum atomic E-state index is 10.6. The van der Waals surface area contributed by atoms with Crippen LogP contribution in [0.25, 0.3) is 0 Å². The molecule has 0 aromatic carbocycles. The van der Waals surface area contributed by atoms with Gasteiger partial charge in [0.2, 0.25) is 5.91 Å². The molecule has 0 aromatic heterocycles. The summed E-state index contributed by atoms with van der Waals surface area (Å²) in [5.41, 5.74) is 0. The van der Waals surface area contributed by atoms with Gasteiger partial charge in [-0.3, -0.25) is 4.79 Å². The lowest BCUT2D eigenvalue weighted by Gasteiger charge is -1.98. The second-order valence-corrected chi connectivity index (χ2v) is 2.17. The molecule has 3 heteroatoms. The highest BCUT2D eigenvalue weighted by Crippen LogP contribution is 1.84. The van der Waals surface area contributed by atoms with Gasteiger partial charge in [-0.05, 0) is 6.42 Å². The maximum absolute atomic E-state index is 10.6. The van der Waals surface area contributed by atoms with E-state index in [0.717, 1.165) is 6.42 Å². The van der Waals surface area contributed by atoms with Crippen molar-refractivity contribution in [2.45, 2.75) is 19.8 Å². The molecule has 0 fully saturated rings. The first-order valence-corrected chi connectivity index (χ1v) is 3.67. The van der Waals surface area contributed by atoms with Crippen LogP contribution in [0.5, 0.6) is 0 Å². The molecule has 0 saturated heterocycles. The van der Waals surface area contributed by atoms with Crippen molar-refractivity contribution >= 4 is 17.5 Å². The molecule has 0 aliphatic carbocycles. The number of rotatable bonds is 4. The monoisotopic (exact) mass is 149 g/mol. The first-order valence-electron chi connectivity index (χ1n) is 3.14. The van der Waals surface area contributed by atoms with Gasteiger partial charge in [-0.1, -0.05) is 6.92 Å². The molecule has 9 heavy (non-hydrogen) atoms. The lowest BCUT2D eigenvalue weighted by atomic mass is 10.3. The normalized spacial score (nSPS) is 9.11. The Morgan fingerprint density at radius 2 is 2.33 bits per heavy atom. The van der Waals surface area contributed by atoms with Crippen LogP contribution < -0.4 is 5.32 Å². The Morgan fingerprint density at radius 3 is 2.78 bits per heavy atom. The molecular weight excluding hydrogens is 138 g/mol. The van der Waals surface area contributed by atoms with Gasteiger partial charge in [-0.15, -0.1) is 11.6 Å². The summed E-state index contributed by atoms with van der Waals surface area (Å²) in [5.74, 6) is 0.591. The summed E-state index contributed by atoms with van der Waals surface area (Å²) in [7, 11) is 0. The second kappa shape index (κ2) is 5.89. The first kappa shape index (κ1) is 8.76. The van der Waals surface area contributed by atoms with Gasteiger partial charge >= 0.3 is 0 Å². The minimum atomic E-state index is 0.0955. The topological polar surface area (TPSA) is 29.1 Å². The zero-order valence-corrected chi connectivity index (χ0v) is 6.37. The van der Waals surface area contributed by atoms with Crippen molar-refractivity contribution in [2.24, 2.45) is 0 Å². The van der Waals surface area contributed by atoms with Crippen LogP contribution >= 0.6 is 11.6 Å². The maximum Gasteiger partial charge on any atom is 0.220 e. The van der Waals surface area contributed by atoms with Gasteiger partial charge < -0.3 is 5.32 Å². The van der Waals surface area contributed by atoms with Crippen molar-refractivity contribution < 1.29 is 4.79 Å². The molecule has 0 heterocycles. The minimum absolute atomic E-state index is 0.0955. The molecule has 54 valence electrons. The lowest BCUT2D eigenvalue weighted by molar-refractivity contribution is -0.120. The van der Waals surface area contributed by atoms with Crippen LogP contribution in [-0.4, -0.2) is 18.3 Å². The number of amides is 1. The van der Waals surface area contributed by atoms with E-state index >= 15 is 0 Å². The summed E-state index contributed by atoms with van der Waals surface area (Å²) in [5, 5.41) is 2.66. The van der Waals surface area contributed by atoms with Crippen molar-refractivity contribution in [1.82, 2.24) is 5.32 Å². The third-order valence-electron chi connectivity index (χ3n) is 0.894. The number of carbonyl (C=O) groups is 1. The van der Waals surface area contributed by atoms with Crippen LogP contribution in [0.2, 0.25) is 0 Å². The van der Waals surface area contributed by atoms with E-state index in [1.807, 2.05) is 6.92 Å². The van der Waals surface area contributed by atoms with E-state index in [-0.39, 0.29) is 5.91 Å². The van der Waals surface area contributed by atoms with Gasteiger partial charge in [0, 0.05) is 18.8 Å². The SMILES string of the molecule is CCCC(=O)NCCCl. The van der Waals surface area contributed by atoms with Crippen LogP contribution in [0.4, 0.5) is 0 Å². The minimum Gasteiger partial charge on any atom is -0.355 e. The second-order valence-electron chi connectivity index (χ2n) is 1.79. The molecule has 0 aliphatic rings. The molecule has 0 aromatic rings.